The molecule has 27 heavy (non-hydrogen) atoms. The molecule has 3 amide bonds. The van der Waals surface area contributed by atoms with E-state index in [0.29, 0.717) is 22.3 Å². The highest BCUT2D eigenvalue weighted by Crippen LogP contribution is 2.31. The number of halogens is 4. The Morgan fingerprint density at radius 2 is 1.56 bits per heavy atom. The fourth-order valence-electron chi connectivity index (χ4n) is 2.49. The lowest BCUT2D eigenvalue weighted by Gasteiger charge is -2.13. The smallest absolute Gasteiger partial charge is 0.288 e. The molecule has 0 aromatic heterocycles. The number of benzene rings is 2. The number of nitrogens with zero attached hydrogens (tertiary/aromatic N) is 1. The largest absolute Gasteiger partial charge is 0.325 e. The lowest BCUT2D eigenvalue weighted by molar-refractivity contribution is -0.116. The van der Waals surface area contributed by atoms with Crippen molar-refractivity contribution in [2.24, 2.45) is 0 Å². The fourth-order valence-corrected chi connectivity index (χ4v) is 3.32. The molecule has 1 aliphatic rings. The number of imide groups is 1. The van der Waals surface area contributed by atoms with Crippen LogP contribution in [0.3, 0.4) is 0 Å². The maximum atomic E-state index is 12.4. The van der Waals surface area contributed by atoms with Crippen LogP contribution >= 0.6 is 35.0 Å². The second kappa shape index (κ2) is 7.84. The van der Waals surface area contributed by atoms with Crippen molar-refractivity contribution < 1.29 is 23.2 Å². The third kappa shape index (κ3) is 4.23. The Labute approximate surface area is 166 Å². The number of rotatable bonds is 5. The molecule has 0 fully saturated rings. The minimum Gasteiger partial charge on any atom is -0.325 e. The fraction of sp³-hybridized carbons (Fsp3) is 0.118. The summed E-state index contributed by atoms with van der Waals surface area (Å²) in [5, 5.41) is 2.76. The van der Waals surface area contributed by atoms with E-state index in [1.54, 1.807) is 0 Å². The molecule has 140 valence electrons. The van der Waals surface area contributed by atoms with Gasteiger partial charge in [-0.15, -0.1) is 0 Å². The van der Waals surface area contributed by atoms with Gasteiger partial charge in [0.25, 0.3) is 17.6 Å². The monoisotopic (exact) mass is 430 g/mol. The van der Waals surface area contributed by atoms with Crippen LogP contribution in [0.5, 0.6) is 0 Å². The summed E-state index contributed by atoms with van der Waals surface area (Å²) in [5.41, 5.74) is 0.507. The van der Waals surface area contributed by atoms with Crippen LogP contribution in [-0.2, 0) is 4.79 Å². The topological polar surface area (TPSA) is 66.5 Å². The lowest BCUT2D eigenvalue weighted by Crippen LogP contribution is -2.37. The van der Waals surface area contributed by atoms with Crippen LogP contribution < -0.4 is 5.32 Å². The zero-order valence-electron chi connectivity index (χ0n) is 13.3. The Hall–Kier alpha value is -2.16. The van der Waals surface area contributed by atoms with Gasteiger partial charge in [-0.2, -0.15) is 8.78 Å². The molecule has 5 nitrogen and oxygen atoms in total. The number of carbonyl (C=O) groups excluding carboxylic acids is 3. The lowest BCUT2D eigenvalue weighted by atomic mass is 10.1. The molecule has 0 radical (unpaired) electrons. The van der Waals surface area contributed by atoms with Gasteiger partial charge in [0.2, 0.25) is 5.91 Å². The van der Waals surface area contributed by atoms with Crippen LogP contribution in [0, 0.1) is 0 Å². The first-order chi connectivity index (χ1) is 12.8. The molecule has 2 aromatic carbocycles. The molecule has 0 spiro atoms. The first kappa shape index (κ1) is 19.6. The van der Waals surface area contributed by atoms with Gasteiger partial charge in [0.05, 0.1) is 21.2 Å². The van der Waals surface area contributed by atoms with Gasteiger partial charge in [-0.1, -0.05) is 35.0 Å². The number of fused-ring (bicyclic) bond motifs is 1. The minimum atomic E-state index is -2.54. The summed E-state index contributed by atoms with van der Waals surface area (Å²) in [6.45, 7) is -0.505. The number of alkyl halides is 2. The molecule has 0 bridgehead atoms. The molecule has 1 heterocycles. The third-order valence-corrected chi connectivity index (χ3v) is 5.12. The van der Waals surface area contributed by atoms with Gasteiger partial charge >= 0.3 is 0 Å². The van der Waals surface area contributed by atoms with Crippen LogP contribution in [0.15, 0.2) is 41.3 Å². The minimum absolute atomic E-state index is 0.0792. The van der Waals surface area contributed by atoms with E-state index in [9.17, 15) is 23.2 Å². The predicted molar refractivity (Wildman–Crippen MR) is 98.8 cm³/mol. The van der Waals surface area contributed by atoms with E-state index in [1.807, 2.05) is 0 Å². The molecule has 0 atom stereocenters. The van der Waals surface area contributed by atoms with E-state index in [1.165, 1.54) is 36.4 Å². The van der Waals surface area contributed by atoms with Crippen LogP contribution in [0.2, 0.25) is 10.0 Å². The van der Waals surface area contributed by atoms with E-state index in [0.717, 1.165) is 4.90 Å². The van der Waals surface area contributed by atoms with E-state index in [2.05, 4.69) is 5.32 Å². The second-order valence-corrected chi connectivity index (χ2v) is 7.34. The normalized spacial score (nSPS) is 13.3. The number of nitrogens with one attached hydrogen (secondary N) is 1. The molecule has 2 aromatic rings. The molecular weight excluding hydrogens is 421 g/mol. The zero-order valence-corrected chi connectivity index (χ0v) is 15.7. The first-order valence-electron chi connectivity index (χ1n) is 7.46. The highest BCUT2D eigenvalue weighted by molar-refractivity contribution is 7.99. The van der Waals surface area contributed by atoms with E-state index in [4.69, 9.17) is 23.2 Å². The van der Waals surface area contributed by atoms with Crippen molar-refractivity contribution in [2.45, 2.75) is 10.7 Å². The Bertz CT molecular complexity index is 898. The maximum absolute atomic E-state index is 12.4. The summed E-state index contributed by atoms with van der Waals surface area (Å²) in [5.74, 6) is -4.45. The van der Waals surface area contributed by atoms with Crippen molar-refractivity contribution in [1.29, 1.82) is 0 Å². The van der Waals surface area contributed by atoms with Crippen LogP contribution in [-0.4, -0.2) is 34.9 Å². The Balaban J connectivity index is 1.68. The highest BCUT2D eigenvalue weighted by Gasteiger charge is 2.37. The number of carbonyl (C=O) groups is 3. The summed E-state index contributed by atoms with van der Waals surface area (Å²) in [7, 11) is 0. The number of thioether (sulfide) groups is 1. The number of amides is 3. The zero-order chi connectivity index (χ0) is 19.7. The van der Waals surface area contributed by atoms with Crippen molar-refractivity contribution in [3.63, 3.8) is 0 Å². The number of hydrogen-bond donors (Lipinski definition) is 1. The van der Waals surface area contributed by atoms with Crippen molar-refractivity contribution in [3.05, 3.63) is 57.6 Å². The summed E-state index contributed by atoms with van der Waals surface area (Å²) in [4.78, 5) is 38.0. The Morgan fingerprint density at radius 1 is 1.04 bits per heavy atom. The Kier molecular flexibility index (Phi) is 5.69. The summed E-state index contributed by atoms with van der Waals surface area (Å²) >= 11 is 12.1. The maximum Gasteiger partial charge on any atom is 0.288 e. The van der Waals surface area contributed by atoms with Crippen LogP contribution in [0.4, 0.5) is 14.5 Å². The summed E-state index contributed by atoms with van der Waals surface area (Å²) in [6.07, 6.45) is 0. The molecular formula is C17H10Cl2F2N2O3S. The van der Waals surface area contributed by atoms with Gasteiger partial charge in [-0.3, -0.25) is 19.3 Å². The molecule has 0 unspecified atom stereocenters. The van der Waals surface area contributed by atoms with Crippen molar-refractivity contribution in [3.8, 4) is 0 Å². The van der Waals surface area contributed by atoms with Gasteiger partial charge in [0, 0.05) is 10.6 Å². The SMILES string of the molecule is O=C(CN1C(=O)c2cc(Cl)c(Cl)cc2C1=O)Nc1ccc(SC(F)F)cc1. The first-order valence-corrected chi connectivity index (χ1v) is 9.10. The van der Waals surface area contributed by atoms with Gasteiger partial charge in [0.15, 0.2) is 0 Å². The van der Waals surface area contributed by atoms with Gasteiger partial charge in [-0.05, 0) is 36.4 Å². The van der Waals surface area contributed by atoms with Gasteiger partial charge < -0.3 is 5.32 Å². The molecule has 0 saturated heterocycles. The molecule has 0 aliphatic carbocycles. The van der Waals surface area contributed by atoms with E-state index >= 15 is 0 Å². The third-order valence-electron chi connectivity index (χ3n) is 3.68. The number of anilines is 1. The van der Waals surface area contributed by atoms with Crippen molar-refractivity contribution >= 4 is 58.4 Å². The summed E-state index contributed by atoms with van der Waals surface area (Å²) in [6, 6.07) is 8.33. The molecule has 3 rings (SSSR count). The average molecular weight is 431 g/mol. The molecule has 10 heteroatoms. The van der Waals surface area contributed by atoms with Crippen molar-refractivity contribution in [2.75, 3.05) is 11.9 Å². The highest BCUT2D eigenvalue weighted by atomic mass is 35.5. The van der Waals surface area contributed by atoms with Crippen molar-refractivity contribution in [1.82, 2.24) is 4.90 Å². The molecule has 1 N–H and O–H groups in total. The second-order valence-electron chi connectivity index (χ2n) is 5.46. The number of hydrogen-bond acceptors (Lipinski definition) is 4. The summed E-state index contributed by atoms with van der Waals surface area (Å²) < 4.78 is 24.6. The molecule has 1 aliphatic heterocycles. The predicted octanol–water partition coefficient (Wildman–Crippen LogP) is 4.54. The molecule has 0 saturated carbocycles. The van der Waals surface area contributed by atoms with E-state index < -0.39 is 30.0 Å². The van der Waals surface area contributed by atoms with Crippen LogP contribution in [0.25, 0.3) is 0 Å². The Morgan fingerprint density at radius 3 is 2.04 bits per heavy atom. The van der Waals surface area contributed by atoms with E-state index in [-0.39, 0.29) is 21.2 Å². The quantitative estimate of drug-likeness (QED) is 0.558. The van der Waals surface area contributed by atoms with Gasteiger partial charge in [-0.25, -0.2) is 0 Å². The van der Waals surface area contributed by atoms with Crippen LogP contribution in [0.1, 0.15) is 20.7 Å². The average Bonchev–Trinajstić information content (AvgIpc) is 2.81. The van der Waals surface area contributed by atoms with Gasteiger partial charge in [0.1, 0.15) is 6.54 Å². The standard InChI is InChI=1S/C17H10Cl2F2N2O3S/c18-12-5-10-11(6-13(12)19)16(26)23(15(10)25)7-14(24)22-8-1-3-9(4-2-8)27-17(20)21/h1-6,17H,7H2,(H,22,24).